The maximum absolute atomic E-state index is 13.8. The van der Waals surface area contributed by atoms with E-state index in [1.807, 2.05) is 36.4 Å². The van der Waals surface area contributed by atoms with Gasteiger partial charge in [-0.3, -0.25) is 14.2 Å². The Balaban J connectivity index is 1.44. The van der Waals surface area contributed by atoms with E-state index in [1.165, 1.54) is 27.8 Å². The Bertz CT molecular complexity index is 1460. The number of hydrogen-bond acceptors (Lipinski definition) is 5. The summed E-state index contributed by atoms with van der Waals surface area (Å²) in [6.07, 6.45) is 5.27. The van der Waals surface area contributed by atoms with Gasteiger partial charge in [-0.05, 0) is 85.5 Å². The van der Waals surface area contributed by atoms with E-state index in [1.54, 1.807) is 15.9 Å². The highest BCUT2D eigenvalue weighted by Crippen LogP contribution is 2.35. The summed E-state index contributed by atoms with van der Waals surface area (Å²) in [4.78, 5) is 33.6. The van der Waals surface area contributed by atoms with Gasteiger partial charge in [0.05, 0.1) is 16.8 Å². The van der Waals surface area contributed by atoms with Crippen LogP contribution in [0.5, 0.6) is 0 Å². The second-order valence-electron chi connectivity index (χ2n) is 9.17. The Morgan fingerprint density at radius 2 is 1.86 bits per heavy atom. The van der Waals surface area contributed by atoms with Crippen molar-refractivity contribution in [2.45, 2.75) is 57.0 Å². The minimum absolute atomic E-state index is 0.0507. The summed E-state index contributed by atoms with van der Waals surface area (Å²) >= 11 is 6.40. The molecule has 2 aromatic carbocycles. The fourth-order valence-corrected chi connectivity index (χ4v) is 6.94. The van der Waals surface area contributed by atoms with Crippen molar-refractivity contribution < 1.29 is 4.79 Å². The van der Waals surface area contributed by atoms with Gasteiger partial charge in [-0.15, -0.1) is 11.3 Å². The molecular weight excluding hydrogens is 554 g/mol. The number of nitrogens with one attached hydrogen (secondary N) is 1. The monoisotopic (exact) mass is 581 g/mol. The van der Waals surface area contributed by atoms with Crippen LogP contribution in [0, 0.1) is 0 Å². The highest BCUT2D eigenvalue weighted by Gasteiger charge is 2.23. The molecule has 0 saturated carbocycles. The molecule has 186 valence electrons. The van der Waals surface area contributed by atoms with Crippen LogP contribution in [-0.2, 0) is 17.6 Å². The third-order valence-electron chi connectivity index (χ3n) is 6.75. The molecule has 1 aliphatic rings. The van der Waals surface area contributed by atoms with Gasteiger partial charge in [0.25, 0.3) is 5.56 Å². The van der Waals surface area contributed by atoms with Gasteiger partial charge in [-0.25, -0.2) is 4.98 Å². The van der Waals surface area contributed by atoms with Gasteiger partial charge in [0.15, 0.2) is 5.16 Å². The first-order valence-corrected chi connectivity index (χ1v) is 14.9. The summed E-state index contributed by atoms with van der Waals surface area (Å²) < 4.78 is 2.60. The molecule has 1 amide bonds. The van der Waals surface area contributed by atoms with E-state index in [0.717, 1.165) is 58.2 Å². The number of halogens is 1. The van der Waals surface area contributed by atoms with Crippen molar-refractivity contribution in [2.24, 2.45) is 0 Å². The van der Waals surface area contributed by atoms with Crippen LogP contribution in [0.1, 0.15) is 55.0 Å². The van der Waals surface area contributed by atoms with E-state index < -0.39 is 0 Å². The number of thioether (sulfide) groups is 1. The number of fused-ring (bicyclic) bond motifs is 3. The fourth-order valence-electron chi connectivity index (χ4n) is 4.56. The number of rotatable bonds is 7. The molecule has 0 bridgehead atoms. The van der Waals surface area contributed by atoms with Gasteiger partial charge in [0, 0.05) is 15.0 Å². The van der Waals surface area contributed by atoms with Gasteiger partial charge in [-0.1, -0.05) is 53.7 Å². The number of nitrogens with zero attached hydrogens (tertiary/aromatic N) is 2. The molecule has 8 heteroatoms. The second kappa shape index (κ2) is 10.9. The SMILES string of the molecule is CC[C@@H](C)c1ccc(NC(=O)CSc2nc3sc4c(c3c(=O)n2-c2ccc(Br)cc2)CCCC4)cc1. The minimum atomic E-state index is -0.126. The molecule has 1 aliphatic carbocycles. The third kappa shape index (κ3) is 5.17. The van der Waals surface area contributed by atoms with Gasteiger partial charge in [0.1, 0.15) is 4.83 Å². The molecule has 1 N–H and O–H groups in total. The van der Waals surface area contributed by atoms with E-state index in [-0.39, 0.29) is 17.2 Å². The van der Waals surface area contributed by atoms with Crippen molar-refractivity contribution >= 4 is 60.8 Å². The number of amides is 1. The summed E-state index contributed by atoms with van der Waals surface area (Å²) in [6, 6.07) is 15.7. The van der Waals surface area contributed by atoms with Crippen LogP contribution in [0.2, 0.25) is 0 Å². The van der Waals surface area contributed by atoms with Crippen LogP contribution in [0.3, 0.4) is 0 Å². The lowest BCUT2D eigenvalue weighted by atomic mass is 9.97. The van der Waals surface area contributed by atoms with Crippen molar-refractivity contribution in [2.75, 3.05) is 11.1 Å². The van der Waals surface area contributed by atoms with Crippen molar-refractivity contribution in [3.8, 4) is 5.69 Å². The van der Waals surface area contributed by atoms with Gasteiger partial charge in [0.2, 0.25) is 5.91 Å². The topological polar surface area (TPSA) is 64.0 Å². The van der Waals surface area contributed by atoms with Crippen LogP contribution in [-0.4, -0.2) is 21.2 Å². The molecular formula is C28H28BrN3O2S2. The standard InChI is InChI=1S/C28H28BrN3O2S2/c1-3-17(2)18-8-12-20(13-9-18)30-24(33)16-35-28-31-26-25(22-6-4-5-7-23(22)36-26)27(34)32(28)21-14-10-19(29)11-15-21/h8-15,17H,3-7,16H2,1-2H3,(H,30,33)/t17-/m1/s1. The van der Waals surface area contributed by atoms with E-state index in [9.17, 15) is 9.59 Å². The van der Waals surface area contributed by atoms with Crippen LogP contribution < -0.4 is 10.9 Å². The van der Waals surface area contributed by atoms with E-state index in [4.69, 9.17) is 4.98 Å². The van der Waals surface area contributed by atoms with Gasteiger partial charge < -0.3 is 5.32 Å². The second-order valence-corrected chi connectivity index (χ2v) is 12.1. The quantitative estimate of drug-likeness (QED) is 0.183. The normalized spacial score (nSPS) is 14.0. The van der Waals surface area contributed by atoms with Crippen molar-refractivity contribution in [1.29, 1.82) is 0 Å². The van der Waals surface area contributed by atoms with E-state index >= 15 is 0 Å². The zero-order valence-electron chi connectivity index (χ0n) is 20.3. The van der Waals surface area contributed by atoms with Crippen molar-refractivity contribution in [3.63, 3.8) is 0 Å². The summed E-state index contributed by atoms with van der Waals surface area (Å²) in [6.45, 7) is 4.37. The van der Waals surface area contributed by atoms with Crippen LogP contribution in [0.25, 0.3) is 15.9 Å². The molecule has 5 rings (SSSR count). The number of aryl methyl sites for hydroxylation is 2. The summed E-state index contributed by atoms with van der Waals surface area (Å²) in [5, 5.41) is 4.26. The minimum Gasteiger partial charge on any atom is -0.325 e. The lowest BCUT2D eigenvalue weighted by molar-refractivity contribution is -0.113. The van der Waals surface area contributed by atoms with Crippen LogP contribution >= 0.6 is 39.0 Å². The molecule has 5 nitrogen and oxygen atoms in total. The van der Waals surface area contributed by atoms with E-state index in [0.29, 0.717) is 11.1 Å². The lowest BCUT2D eigenvalue weighted by Gasteiger charge is -2.14. The average Bonchev–Trinajstić information content (AvgIpc) is 3.27. The summed E-state index contributed by atoms with van der Waals surface area (Å²) in [5.74, 6) is 0.523. The number of anilines is 1. The molecule has 0 saturated heterocycles. The van der Waals surface area contributed by atoms with Crippen LogP contribution in [0.15, 0.2) is 63.0 Å². The van der Waals surface area contributed by atoms with Gasteiger partial charge >= 0.3 is 0 Å². The molecule has 36 heavy (non-hydrogen) atoms. The first-order chi connectivity index (χ1) is 17.4. The Morgan fingerprint density at radius 3 is 2.58 bits per heavy atom. The highest BCUT2D eigenvalue weighted by atomic mass is 79.9. The van der Waals surface area contributed by atoms with Gasteiger partial charge in [-0.2, -0.15) is 0 Å². The van der Waals surface area contributed by atoms with Crippen molar-refractivity contribution in [1.82, 2.24) is 9.55 Å². The number of thiophene rings is 1. The number of hydrogen-bond donors (Lipinski definition) is 1. The zero-order valence-corrected chi connectivity index (χ0v) is 23.6. The molecule has 0 fully saturated rings. The third-order valence-corrected chi connectivity index (χ3v) is 9.40. The number of benzene rings is 2. The molecule has 2 aromatic heterocycles. The van der Waals surface area contributed by atoms with Crippen LogP contribution in [0.4, 0.5) is 5.69 Å². The summed E-state index contributed by atoms with van der Waals surface area (Å²) in [5.41, 5.74) is 3.90. The number of aromatic nitrogens is 2. The Hall–Kier alpha value is -2.42. The van der Waals surface area contributed by atoms with E-state index in [2.05, 4.69) is 47.2 Å². The maximum atomic E-state index is 13.8. The zero-order chi connectivity index (χ0) is 25.2. The molecule has 0 radical (unpaired) electrons. The number of carbonyl (C=O) groups is 1. The molecule has 2 heterocycles. The lowest BCUT2D eigenvalue weighted by Crippen LogP contribution is -2.23. The fraction of sp³-hybridized carbons (Fsp3) is 0.321. The molecule has 0 aliphatic heterocycles. The summed E-state index contributed by atoms with van der Waals surface area (Å²) in [7, 11) is 0. The maximum Gasteiger partial charge on any atom is 0.267 e. The average molecular weight is 583 g/mol. The predicted molar refractivity (Wildman–Crippen MR) is 154 cm³/mol. The highest BCUT2D eigenvalue weighted by molar-refractivity contribution is 9.10. The molecule has 1 atom stereocenters. The first-order valence-electron chi connectivity index (χ1n) is 12.3. The molecule has 4 aromatic rings. The Kier molecular flexibility index (Phi) is 7.65. The van der Waals surface area contributed by atoms with Crippen molar-refractivity contribution in [3.05, 3.63) is 79.4 Å². The predicted octanol–water partition coefficient (Wildman–Crippen LogP) is 7.33. The largest absolute Gasteiger partial charge is 0.325 e. The first kappa shape index (κ1) is 25.2. The number of carbonyl (C=O) groups excluding carboxylic acids is 1. The smallest absolute Gasteiger partial charge is 0.267 e. The Labute approximate surface area is 227 Å². The Morgan fingerprint density at radius 1 is 1.14 bits per heavy atom. The molecule has 0 unspecified atom stereocenters. The molecule has 0 spiro atoms.